The quantitative estimate of drug-likeness (QED) is 0.616. The molecule has 1 unspecified atom stereocenters. The fourth-order valence-electron chi connectivity index (χ4n) is 3.99. The molecule has 4 rings (SSSR count). The molecule has 0 aliphatic carbocycles. The van der Waals surface area contributed by atoms with Gasteiger partial charge >= 0.3 is 6.03 Å². The number of carbonyl (C=O) groups excluding carboxylic acids is 2. The van der Waals surface area contributed by atoms with E-state index in [1.54, 1.807) is 4.90 Å². The molecule has 0 spiro atoms. The summed E-state index contributed by atoms with van der Waals surface area (Å²) in [6.07, 6.45) is 3.58. The van der Waals surface area contributed by atoms with E-state index in [0.717, 1.165) is 45.3 Å². The van der Waals surface area contributed by atoms with Gasteiger partial charge in [-0.1, -0.05) is 36.4 Å². The average molecular weight is 351 g/mol. The van der Waals surface area contributed by atoms with Crippen molar-refractivity contribution in [2.45, 2.75) is 38.3 Å². The molecule has 2 heterocycles. The summed E-state index contributed by atoms with van der Waals surface area (Å²) in [5.74, 6) is 0.0108. The number of unbranched alkanes of at least 4 members (excludes halogenated alkanes) is 1. The van der Waals surface area contributed by atoms with Gasteiger partial charge in [-0.05, 0) is 54.6 Å². The molecular formula is C21H25N3O2. The summed E-state index contributed by atoms with van der Waals surface area (Å²) in [4.78, 5) is 27.7. The zero-order chi connectivity index (χ0) is 17.9. The largest absolute Gasteiger partial charge is 0.327 e. The summed E-state index contributed by atoms with van der Waals surface area (Å²) in [5.41, 5.74) is 1.27. The Hall–Kier alpha value is -2.40. The van der Waals surface area contributed by atoms with E-state index in [4.69, 9.17) is 0 Å². The predicted molar refractivity (Wildman–Crippen MR) is 102 cm³/mol. The molecule has 2 aliphatic rings. The van der Waals surface area contributed by atoms with Crippen LogP contribution in [0.3, 0.4) is 0 Å². The normalized spacial score (nSPS) is 19.6. The van der Waals surface area contributed by atoms with E-state index in [1.165, 1.54) is 21.2 Å². The molecule has 1 atom stereocenters. The third-order valence-electron chi connectivity index (χ3n) is 5.41. The highest BCUT2D eigenvalue weighted by molar-refractivity contribution is 6.04. The summed E-state index contributed by atoms with van der Waals surface area (Å²) in [6.45, 7) is 3.00. The maximum absolute atomic E-state index is 12.3. The van der Waals surface area contributed by atoms with E-state index < -0.39 is 0 Å². The van der Waals surface area contributed by atoms with Gasteiger partial charge in [-0.25, -0.2) is 4.79 Å². The second kappa shape index (κ2) is 7.46. The Morgan fingerprint density at radius 3 is 2.73 bits per heavy atom. The summed E-state index contributed by atoms with van der Waals surface area (Å²) >= 11 is 0. The topological polar surface area (TPSA) is 52.7 Å². The Morgan fingerprint density at radius 2 is 1.88 bits per heavy atom. The number of rotatable bonds is 7. The van der Waals surface area contributed by atoms with Gasteiger partial charge in [-0.2, -0.15) is 0 Å². The molecule has 2 aromatic carbocycles. The van der Waals surface area contributed by atoms with Crippen LogP contribution in [-0.4, -0.2) is 47.4 Å². The van der Waals surface area contributed by atoms with Crippen molar-refractivity contribution in [3.8, 4) is 0 Å². The molecule has 0 radical (unpaired) electrons. The molecule has 1 N–H and O–H groups in total. The van der Waals surface area contributed by atoms with E-state index in [-0.39, 0.29) is 18.0 Å². The zero-order valence-electron chi connectivity index (χ0n) is 15.0. The van der Waals surface area contributed by atoms with E-state index in [9.17, 15) is 9.59 Å². The van der Waals surface area contributed by atoms with Crippen LogP contribution in [0, 0.1) is 0 Å². The van der Waals surface area contributed by atoms with Crippen LogP contribution in [0.25, 0.3) is 10.8 Å². The van der Waals surface area contributed by atoms with Crippen LogP contribution >= 0.6 is 0 Å². The van der Waals surface area contributed by atoms with Crippen molar-refractivity contribution in [2.24, 2.45) is 0 Å². The smallest absolute Gasteiger partial charge is 0.313 e. The van der Waals surface area contributed by atoms with Crippen LogP contribution in [0.15, 0.2) is 42.5 Å². The molecule has 5 nitrogen and oxygen atoms in total. The zero-order valence-corrected chi connectivity index (χ0v) is 15.0. The molecule has 0 bridgehead atoms. The number of hydrogen-bond donors (Lipinski definition) is 1. The number of urea groups is 1. The summed E-state index contributed by atoms with van der Waals surface area (Å²) in [5, 5.41) is 5.98. The lowest BCUT2D eigenvalue weighted by atomic mass is 10.1. The highest BCUT2D eigenvalue weighted by Crippen LogP contribution is 2.27. The molecule has 2 aliphatic heterocycles. The average Bonchev–Trinajstić information content (AvgIpc) is 3.23. The number of imide groups is 1. The number of hydrogen-bond acceptors (Lipinski definition) is 3. The van der Waals surface area contributed by atoms with Gasteiger partial charge in [0.2, 0.25) is 0 Å². The van der Waals surface area contributed by atoms with Gasteiger partial charge in [0.1, 0.15) is 6.04 Å². The fraction of sp³-hybridized carbons (Fsp3) is 0.429. The maximum atomic E-state index is 12.3. The number of amides is 3. The van der Waals surface area contributed by atoms with Gasteiger partial charge in [-0.3, -0.25) is 9.69 Å². The molecular weight excluding hydrogens is 326 g/mol. The second-order valence-electron chi connectivity index (χ2n) is 7.19. The number of nitrogens with zero attached hydrogens (tertiary/aromatic N) is 2. The first-order valence-corrected chi connectivity index (χ1v) is 9.54. The van der Waals surface area contributed by atoms with Crippen LogP contribution in [0.2, 0.25) is 0 Å². The first-order valence-electron chi connectivity index (χ1n) is 9.54. The van der Waals surface area contributed by atoms with E-state index in [0.29, 0.717) is 6.54 Å². The van der Waals surface area contributed by atoms with E-state index in [1.807, 2.05) is 0 Å². The number of carbonyl (C=O) groups is 2. The fourth-order valence-corrected chi connectivity index (χ4v) is 3.99. The van der Waals surface area contributed by atoms with Crippen molar-refractivity contribution in [1.29, 1.82) is 0 Å². The third kappa shape index (κ3) is 3.31. The third-order valence-corrected chi connectivity index (χ3v) is 5.41. The molecule has 5 heteroatoms. The van der Waals surface area contributed by atoms with Crippen LogP contribution in [0.4, 0.5) is 4.79 Å². The molecule has 0 aromatic heterocycles. The summed E-state index contributed by atoms with van der Waals surface area (Å²) in [7, 11) is 0. The first kappa shape index (κ1) is 17.0. The van der Waals surface area contributed by atoms with Crippen LogP contribution in [-0.2, 0) is 11.3 Å². The molecule has 2 saturated heterocycles. The van der Waals surface area contributed by atoms with Crippen molar-refractivity contribution >= 4 is 22.7 Å². The van der Waals surface area contributed by atoms with Gasteiger partial charge in [0.05, 0.1) is 0 Å². The van der Waals surface area contributed by atoms with Gasteiger partial charge in [0, 0.05) is 19.6 Å². The molecule has 136 valence electrons. The van der Waals surface area contributed by atoms with Gasteiger partial charge in [0.25, 0.3) is 5.91 Å². The monoisotopic (exact) mass is 351 g/mol. The van der Waals surface area contributed by atoms with Gasteiger partial charge in [-0.15, -0.1) is 0 Å². The first-order chi connectivity index (χ1) is 12.7. The molecule has 26 heavy (non-hydrogen) atoms. The minimum absolute atomic E-state index is 0.0108. The van der Waals surface area contributed by atoms with E-state index in [2.05, 4.69) is 47.8 Å². The number of nitrogens with one attached hydrogen (secondary N) is 1. The Labute approximate surface area is 154 Å². The van der Waals surface area contributed by atoms with Gasteiger partial charge in [0.15, 0.2) is 0 Å². The summed E-state index contributed by atoms with van der Waals surface area (Å²) < 4.78 is 0. The van der Waals surface area contributed by atoms with Crippen LogP contribution < -0.4 is 5.32 Å². The Kier molecular flexibility index (Phi) is 4.89. The van der Waals surface area contributed by atoms with Crippen molar-refractivity contribution in [3.63, 3.8) is 0 Å². The van der Waals surface area contributed by atoms with Crippen molar-refractivity contribution in [3.05, 3.63) is 48.0 Å². The molecule has 3 amide bonds. The molecule has 2 fully saturated rings. The number of fused-ring (bicyclic) bond motifs is 2. The lowest BCUT2D eigenvalue weighted by Crippen LogP contribution is -2.34. The van der Waals surface area contributed by atoms with Crippen molar-refractivity contribution < 1.29 is 9.59 Å². The van der Waals surface area contributed by atoms with Crippen molar-refractivity contribution in [1.82, 2.24) is 15.1 Å². The molecule has 0 saturated carbocycles. The van der Waals surface area contributed by atoms with E-state index >= 15 is 0 Å². The highest BCUT2D eigenvalue weighted by Gasteiger charge is 2.46. The maximum Gasteiger partial charge on any atom is 0.327 e. The summed E-state index contributed by atoms with van der Waals surface area (Å²) in [6, 6.07) is 14.7. The predicted octanol–water partition coefficient (Wildman–Crippen LogP) is 3.14. The van der Waals surface area contributed by atoms with Crippen LogP contribution in [0.5, 0.6) is 0 Å². The SMILES string of the molecule is O=C1C2CCCN2C(=O)N1CCCCNCc1ccc2ccccc2c1. The second-order valence-corrected chi connectivity index (χ2v) is 7.19. The Balaban J connectivity index is 1.18. The van der Waals surface area contributed by atoms with Gasteiger partial charge < -0.3 is 10.2 Å². The molecule has 2 aromatic rings. The Morgan fingerprint density at radius 1 is 1.04 bits per heavy atom. The highest BCUT2D eigenvalue weighted by atomic mass is 16.2. The van der Waals surface area contributed by atoms with Crippen LogP contribution in [0.1, 0.15) is 31.2 Å². The minimum Gasteiger partial charge on any atom is -0.313 e. The Bertz CT molecular complexity index is 798. The lowest BCUT2D eigenvalue weighted by molar-refractivity contribution is -0.128. The lowest BCUT2D eigenvalue weighted by Gasteiger charge is -2.15. The minimum atomic E-state index is -0.173. The standard InChI is InChI=1S/C21H25N3O2/c25-20-19-8-5-13-23(19)21(26)24(20)12-4-3-11-22-15-16-9-10-17-6-1-2-7-18(17)14-16/h1-2,6-7,9-10,14,19,22H,3-5,8,11-13,15H2. The number of benzene rings is 2. The van der Waals surface area contributed by atoms with Crippen molar-refractivity contribution in [2.75, 3.05) is 19.6 Å².